The van der Waals surface area contributed by atoms with E-state index in [1.54, 1.807) is 0 Å². The summed E-state index contributed by atoms with van der Waals surface area (Å²) < 4.78 is 6.73. The van der Waals surface area contributed by atoms with Crippen molar-refractivity contribution < 1.29 is 4.74 Å². The van der Waals surface area contributed by atoms with E-state index in [4.69, 9.17) is 27.9 Å². The molecule has 1 aromatic rings. The van der Waals surface area contributed by atoms with Gasteiger partial charge >= 0.3 is 0 Å². The van der Waals surface area contributed by atoms with E-state index >= 15 is 0 Å². The Hall–Kier alpha value is 0.0800. The lowest BCUT2D eigenvalue weighted by molar-refractivity contribution is 0.228. The van der Waals surface area contributed by atoms with Crippen molar-refractivity contribution in [2.24, 2.45) is 5.41 Å². The molecule has 0 atom stereocenters. The standard InChI is InChI=1S/C13H17BrCl2O/c1-2-13(9-15,10-16)7-8-17-12-5-3-11(14)4-6-12/h3-6H,2,7-10H2,1H3. The maximum Gasteiger partial charge on any atom is 0.119 e. The average molecular weight is 340 g/mol. The monoisotopic (exact) mass is 338 g/mol. The number of halogens is 3. The van der Waals surface area contributed by atoms with Crippen LogP contribution in [0.15, 0.2) is 28.7 Å². The summed E-state index contributed by atoms with van der Waals surface area (Å²) in [6.45, 7) is 2.76. The number of ether oxygens (including phenoxy) is 1. The van der Waals surface area contributed by atoms with Crippen molar-refractivity contribution in [1.82, 2.24) is 0 Å². The van der Waals surface area contributed by atoms with Gasteiger partial charge in [0.1, 0.15) is 5.75 Å². The highest BCUT2D eigenvalue weighted by Gasteiger charge is 2.26. The van der Waals surface area contributed by atoms with Gasteiger partial charge in [0.05, 0.1) is 6.61 Å². The maximum atomic E-state index is 5.98. The molecule has 0 N–H and O–H groups in total. The first-order chi connectivity index (χ1) is 8.15. The maximum absolute atomic E-state index is 5.98. The highest BCUT2D eigenvalue weighted by Crippen LogP contribution is 2.30. The third-order valence-electron chi connectivity index (χ3n) is 3.03. The molecule has 0 spiro atoms. The number of hydrogen-bond acceptors (Lipinski definition) is 1. The van der Waals surface area contributed by atoms with Crippen LogP contribution in [0.1, 0.15) is 19.8 Å². The summed E-state index contributed by atoms with van der Waals surface area (Å²) in [4.78, 5) is 0. The van der Waals surface area contributed by atoms with E-state index in [2.05, 4.69) is 22.9 Å². The van der Waals surface area contributed by atoms with Gasteiger partial charge in [-0.1, -0.05) is 22.9 Å². The van der Waals surface area contributed by atoms with E-state index in [0.717, 1.165) is 23.1 Å². The largest absolute Gasteiger partial charge is 0.494 e. The van der Waals surface area contributed by atoms with Gasteiger partial charge in [-0.05, 0) is 37.1 Å². The van der Waals surface area contributed by atoms with Crippen LogP contribution in [0.4, 0.5) is 0 Å². The Morgan fingerprint density at radius 2 is 1.76 bits per heavy atom. The summed E-state index contributed by atoms with van der Waals surface area (Å²) >= 11 is 15.4. The molecule has 0 saturated carbocycles. The van der Waals surface area contributed by atoms with Crippen LogP contribution in [0, 0.1) is 5.41 Å². The van der Waals surface area contributed by atoms with Crippen molar-refractivity contribution in [3.8, 4) is 5.75 Å². The zero-order valence-corrected chi connectivity index (χ0v) is 13.0. The Labute approximate surface area is 122 Å². The molecule has 1 aromatic carbocycles. The highest BCUT2D eigenvalue weighted by atomic mass is 79.9. The molecule has 1 nitrogen and oxygen atoms in total. The lowest BCUT2D eigenvalue weighted by atomic mass is 9.86. The Bertz CT molecular complexity index is 314. The molecule has 0 aliphatic heterocycles. The Balaban J connectivity index is 2.43. The van der Waals surface area contributed by atoms with Gasteiger partial charge in [-0.25, -0.2) is 0 Å². The van der Waals surface area contributed by atoms with Crippen molar-refractivity contribution >= 4 is 39.1 Å². The lowest BCUT2D eigenvalue weighted by Crippen LogP contribution is -2.26. The van der Waals surface area contributed by atoms with Gasteiger partial charge < -0.3 is 4.74 Å². The Morgan fingerprint density at radius 1 is 1.18 bits per heavy atom. The van der Waals surface area contributed by atoms with E-state index in [0.29, 0.717) is 18.4 Å². The second kappa shape index (κ2) is 7.50. The molecule has 0 heterocycles. The molecule has 1 rings (SSSR count). The fourth-order valence-corrected chi connectivity index (χ4v) is 2.65. The fraction of sp³-hybridized carbons (Fsp3) is 0.538. The first kappa shape index (κ1) is 15.1. The predicted octanol–water partition coefficient (Wildman–Crippen LogP) is 5.09. The summed E-state index contributed by atoms with van der Waals surface area (Å²) in [5.41, 5.74) is -0.00151. The molecule has 0 saturated heterocycles. The van der Waals surface area contributed by atoms with Crippen LogP contribution in [0.25, 0.3) is 0 Å². The van der Waals surface area contributed by atoms with E-state index < -0.39 is 0 Å². The van der Waals surface area contributed by atoms with Gasteiger partial charge in [0, 0.05) is 21.6 Å². The second-order valence-corrected chi connectivity index (χ2v) is 5.62. The van der Waals surface area contributed by atoms with Crippen LogP contribution in [0.5, 0.6) is 5.75 Å². The predicted molar refractivity (Wildman–Crippen MR) is 78.4 cm³/mol. The average Bonchev–Trinajstić information content (AvgIpc) is 2.38. The van der Waals surface area contributed by atoms with Gasteiger partial charge in [0.2, 0.25) is 0 Å². The molecular formula is C13H17BrCl2O. The SMILES string of the molecule is CCC(CCl)(CCl)CCOc1ccc(Br)cc1. The van der Waals surface area contributed by atoms with Gasteiger partial charge in [-0.3, -0.25) is 0 Å². The van der Waals surface area contributed by atoms with Crippen molar-refractivity contribution in [1.29, 1.82) is 0 Å². The van der Waals surface area contributed by atoms with Crippen LogP contribution in [0.3, 0.4) is 0 Å². The van der Waals surface area contributed by atoms with Crippen molar-refractivity contribution in [3.63, 3.8) is 0 Å². The number of hydrogen-bond donors (Lipinski definition) is 0. The summed E-state index contributed by atoms with van der Waals surface area (Å²) in [7, 11) is 0. The van der Waals surface area contributed by atoms with Crippen LogP contribution in [-0.2, 0) is 0 Å². The molecule has 0 fully saturated rings. The molecule has 4 heteroatoms. The van der Waals surface area contributed by atoms with Crippen molar-refractivity contribution in [2.45, 2.75) is 19.8 Å². The third kappa shape index (κ3) is 4.69. The number of benzene rings is 1. The van der Waals surface area contributed by atoms with Crippen molar-refractivity contribution in [2.75, 3.05) is 18.4 Å². The highest BCUT2D eigenvalue weighted by molar-refractivity contribution is 9.10. The molecule has 0 bridgehead atoms. The first-order valence-electron chi connectivity index (χ1n) is 5.66. The zero-order valence-electron chi connectivity index (χ0n) is 9.89. The number of alkyl halides is 2. The third-order valence-corrected chi connectivity index (χ3v) is 4.69. The zero-order chi connectivity index (χ0) is 12.7. The number of rotatable bonds is 7. The van der Waals surface area contributed by atoms with Crippen molar-refractivity contribution in [3.05, 3.63) is 28.7 Å². The lowest BCUT2D eigenvalue weighted by Gasteiger charge is -2.27. The molecule has 0 radical (unpaired) electrons. The quantitative estimate of drug-likeness (QED) is 0.628. The van der Waals surface area contributed by atoms with Gasteiger partial charge in [-0.15, -0.1) is 23.2 Å². The molecular weight excluding hydrogens is 323 g/mol. The molecule has 0 aliphatic rings. The summed E-state index contributed by atoms with van der Waals surface area (Å²) in [6, 6.07) is 7.81. The molecule has 96 valence electrons. The topological polar surface area (TPSA) is 9.23 Å². The van der Waals surface area contributed by atoms with Crippen LogP contribution in [-0.4, -0.2) is 18.4 Å². The molecule has 0 aromatic heterocycles. The van der Waals surface area contributed by atoms with E-state index in [1.807, 2.05) is 24.3 Å². The molecule has 0 amide bonds. The summed E-state index contributed by atoms with van der Waals surface area (Å²) in [5, 5.41) is 0. The Morgan fingerprint density at radius 3 is 2.24 bits per heavy atom. The minimum atomic E-state index is -0.00151. The second-order valence-electron chi connectivity index (χ2n) is 4.17. The van der Waals surface area contributed by atoms with Gasteiger partial charge in [0.15, 0.2) is 0 Å². The van der Waals surface area contributed by atoms with Crippen LogP contribution >= 0.6 is 39.1 Å². The van der Waals surface area contributed by atoms with Gasteiger partial charge in [-0.2, -0.15) is 0 Å². The molecule has 0 aliphatic carbocycles. The van der Waals surface area contributed by atoms with E-state index in [9.17, 15) is 0 Å². The van der Waals surface area contributed by atoms with Crippen LogP contribution < -0.4 is 4.74 Å². The van der Waals surface area contributed by atoms with E-state index in [1.165, 1.54) is 0 Å². The Kier molecular flexibility index (Phi) is 6.68. The first-order valence-corrected chi connectivity index (χ1v) is 7.52. The van der Waals surface area contributed by atoms with Crippen LogP contribution in [0.2, 0.25) is 0 Å². The summed E-state index contributed by atoms with van der Waals surface area (Å²) in [5.74, 6) is 2.04. The fourth-order valence-electron chi connectivity index (χ4n) is 1.45. The minimum Gasteiger partial charge on any atom is -0.494 e. The van der Waals surface area contributed by atoms with Gasteiger partial charge in [0.25, 0.3) is 0 Å². The normalized spacial score (nSPS) is 11.5. The molecule has 17 heavy (non-hydrogen) atoms. The van der Waals surface area contributed by atoms with E-state index in [-0.39, 0.29) is 5.41 Å². The smallest absolute Gasteiger partial charge is 0.119 e. The summed E-state index contributed by atoms with van der Waals surface area (Å²) in [6.07, 6.45) is 1.86. The minimum absolute atomic E-state index is 0.00151. The molecule has 0 unspecified atom stereocenters.